The fourth-order valence-corrected chi connectivity index (χ4v) is 1.86. The average Bonchev–Trinajstić information content (AvgIpc) is 2.38. The Morgan fingerprint density at radius 3 is 2.50 bits per heavy atom. The van der Waals surface area contributed by atoms with Gasteiger partial charge in [-0.1, -0.05) is 13.8 Å². The predicted octanol–water partition coefficient (Wildman–Crippen LogP) is 0.530. The lowest BCUT2D eigenvalue weighted by atomic mass is 10.1. The Labute approximate surface area is 111 Å². The van der Waals surface area contributed by atoms with Crippen molar-refractivity contribution >= 4 is 5.96 Å². The SMILES string of the molecule is CN=C(NCCC(C)C)NCCN1CCOCC1. The van der Waals surface area contributed by atoms with Gasteiger partial charge in [0.15, 0.2) is 5.96 Å². The standard InChI is InChI=1S/C13H28N4O/c1-12(2)4-5-15-13(14-3)16-6-7-17-8-10-18-11-9-17/h12H,4-11H2,1-3H3,(H2,14,15,16). The van der Waals surface area contributed by atoms with Crippen LogP contribution in [0, 0.1) is 5.92 Å². The second kappa shape index (κ2) is 9.16. The summed E-state index contributed by atoms with van der Waals surface area (Å²) in [5.74, 6) is 1.63. The van der Waals surface area contributed by atoms with Gasteiger partial charge in [-0.2, -0.15) is 0 Å². The van der Waals surface area contributed by atoms with E-state index in [-0.39, 0.29) is 0 Å². The molecule has 0 aromatic carbocycles. The lowest BCUT2D eigenvalue weighted by Crippen LogP contribution is -2.44. The number of nitrogens with one attached hydrogen (secondary N) is 2. The highest BCUT2D eigenvalue weighted by Gasteiger charge is 2.09. The maximum atomic E-state index is 5.33. The van der Waals surface area contributed by atoms with E-state index in [9.17, 15) is 0 Å². The van der Waals surface area contributed by atoms with E-state index < -0.39 is 0 Å². The molecule has 0 amide bonds. The fraction of sp³-hybridized carbons (Fsp3) is 0.923. The number of hydrogen-bond donors (Lipinski definition) is 2. The first kappa shape index (κ1) is 15.2. The molecule has 1 heterocycles. The molecule has 1 aliphatic rings. The summed E-state index contributed by atoms with van der Waals surface area (Å²) in [5, 5.41) is 6.68. The number of ether oxygens (including phenoxy) is 1. The van der Waals surface area contributed by atoms with E-state index in [2.05, 4.69) is 34.4 Å². The van der Waals surface area contributed by atoms with Gasteiger partial charge in [-0.3, -0.25) is 9.89 Å². The van der Waals surface area contributed by atoms with Gasteiger partial charge in [-0.15, -0.1) is 0 Å². The van der Waals surface area contributed by atoms with E-state index in [1.165, 1.54) is 6.42 Å². The Hall–Kier alpha value is -0.810. The van der Waals surface area contributed by atoms with Crippen molar-refractivity contribution in [2.24, 2.45) is 10.9 Å². The smallest absolute Gasteiger partial charge is 0.191 e. The van der Waals surface area contributed by atoms with Gasteiger partial charge >= 0.3 is 0 Å². The average molecular weight is 256 g/mol. The second-order valence-electron chi connectivity index (χ2n) is 5.06. The third-order valence-corrected chi connectivity index (χ3v) is 3.06. The predicted molar refractivity (Wildman–Crippen MR) is 76.1 cm³/mol. The van der Waals surface area contributed by atoms with Gasteiger partial charge < -0.3 is 15.4 Å². The summed E-state index contributed by atoms with van der Waals surface area (Å²) in [4.78, 5) is 6.63. The third-order valence-electron chi connectivity index (χ3n) is 3.06. The van der Waals surface area contributed by atoms with Crippen molar-refractivity contribution in [3.05, 3.63) is 0 Å². The van der Waals surface area contributed by atoms with Gasteiger partial charge in [0.25, 0.3) is 0 Å². The molecule has 1 saturated heterocycles. The monoisotopic (exact) mass is 256 g/mol. The normalized spacial score (nSPS) is 18.1. The van der Waals surface area contributed by atoms with Crippen LogP contribution in [0.4, 0.5) is 0 Å². The molecule has 5 heteroatoms. The van der Waals surface area contributed by atoms with Gasteiger partial charge in [0.05, 0.1) is 13.2 Å². The molecule has 0 radical (unpaired) electrons. The zero-order valence-corrected chi connectivity index (χ0v) is 12.0. The van der Waals surface area contributed by atoms with Crippen molar-refractivity contribution < 1.29 is 4.74 Å². The van der Waals surface area contributed by atoms with Gasteiger partial charge in [0.1, 0.15) is 0 Å². The summed E-state index contributed by atoms with van der Waals surface area (Å²) < 4.78 is 5.33. The zero-order chi connectivity index (χ0) is 13.2. The molecule has 18 heavy (non-hydrogen) atoms. The van der Waals surface area contributed by atoms with Gasteiger partial charge in [0, 0.05) is 39.8 Å². The Kier molecular flexibility index (Phi) is 7.76. The fourth-order valence-electron chi connectivity index (χ4n) is 1.86. The number of nitrogens with zero attached hydrogens (tertiary/aromatic N) is 2. The molecule has 1 rings (SSSR count). The van der Waals surface area contributed by atoms with Crippen molar-refractivity contribution in [1.82, 2.24) is 15.5 Å². The van der Waals surface area contributed by atoms with Crippen molar-refractivity contribution in [3.8, 4) is 0 Å². The maximum absolute atomic E-state index is 5.33. The quantitative estimate of drug-likeness (QED) is 0.538. The number of hydrogen-bond acceptors (Lipinski definition) is 3. The molecule has 2 N–H and O–H groups in total. The molecule has 0 aromatic rings. The minimum absolute atomic E-state index is 0.726. The number of morpholine rings is 1. The zero-order valence-electron chi connectivity index (χ0n) is 12.0. The molecule has 0 aliphatic carbocycles. The summed E-state index contributed by atoms with van der Waals surface area (Å²) in [6.07, 6.45) is 1.17. The first-order valence-corrected chi connectivity index (χ1v) is 6.97. The molecule has 0 saturated carbocycles. The summed E-state index contributed by atoms with van der Waals surface area (Å²) in [7, 11) is 1.82. The summed E-state index contributed by atoms with van der Waals surface area (Å²) in [6.45, 7) is 11.2. The van der Waals surface area contributed by atoms with Crippen LogP contribution in [0.3, 0.4) is 0 Å². The van der Waals surface area contributed by atoms with E-state index in [1.807, 2.05) is 7.05 Å². The van der Waals surface area contributed by atoms with Crippen LogP contribution >= 0.6 is 0 Å². The van der Waals surface area contributed by atoms with Crippen molar-refractivity contribution in [3.63, 3.8) is 0 Å². The van der Waals surface area contributed by atoms with E-state index in [0.717, 1.165) is 57.8 Å². The minimum Gasteiger partial charge on any atom is -0.379 e. The lowest BCUT2D eigenvalue weighted by molar-refractivity contribution is 0.0389. The first-order valence-electron chi connectivity index (χ1n) is 6.97. The van der Waals surface area contributed by atoms with Gasteiger partial charge in [-0.05, 0) is 12.3 Å². The third kappa shape index (κ3) is 6.81. The number of aliphatic imine (C=N–C) groups is 1. The molecule has 5 nitrogen and oxygen atoms in total. The van der Waals surface area contributed by atoms with E-state index in [4.69, 9.17) is 4.74 Å². The number of guanidine groups is 1. The molecule has 1 aliphatic heterocycles. The van der Waals surface area contributed by atoms with Gasteiger partial charge in [0.2, 0.25) is 0 Å². The van der Waals surface area contributed by atoms with Gasteiger partial charge in [-0.25, -0.2) is 0 Å². The van der Waals surface area contributed by atoms with Crippen LogP contribution in [0.2, 0.25) is 0 Å². The molecular weight excluding hydrogens is 228 g/mol. The second-order valence-corrected chi connectivity index (χ2v) is 5.06. The molecule has 0 bridgehead atoms. The van der Waals surface area contributed by atoms with Crippen molar-refractivity contribution in [2.75, 3.05) is 53.0 Å². The number of rotatable bonds is 6. The largest absolute Gasteiger partial charge is 0.379 e. The molecule has 1 fully saturated rings. The Balaban J connectivity index is 2.07. The highest BCUT2D eigenvalue weighted by Crippen LogP contribution is 1.96. The Bertz CT molecular complexity index is 237. The highest BCUT2D eigenvalue weighted by molar-refractivity contribution is 5.79. The summed E-state index contributed by atoms with van der Waals surface area (Å²) in [6, 6.07) is 0. The Morgan fingerprint density at radius 2 is 1.89 bits per heavy atom. The van der Waals surface area contributed by atoms with Crippen LogP contribution in [0.15, 0.2) is 4.99 Å². The van der Waals surface area contributed by atoms with Crippen molar-refractivity contribution in [2.45, 2.75) is 20.3 Å². The molecular formula is C13H28N4O. The van der Waals surface area contributed by atoms with Crippen LogP contribution in [0.25, 0.3) is 0 Å². The van der Waals surface area contributed by atoms with Crippen molar-refractivity contribution in [1.29, 1.82) is 0 Å². The molecule has 0 spiro atoms. The van der Waals surface area contributed by atoms with Crippen LogP contribution in [0.5, 0.6) is 0 Å². The molecule has 0 atom stereocenters. The van der Waals surface area contributed by atoms with E-state index in [0.29, 0.717) is 0 Å². The summed E-state index contributed by atoms with van der Waals surface area (Å²) in [5.41, 5.74) is 0. The summed E-state index contributed by atoms with van der Waals surface area (Å²) >= 11 is 0. The van der Waals surface area contributed by atoms with E-state index in [1.54, 1.807) is 0 Å². The molecule has 106 valence electrons. The van der Waals surface area contributed by atoms with Crippen LogP contribution in [-0.4, -0.2) is 63.8 Å². The van der Waals surface area contributed by atoms with Crippen LogP contribution < -0.4 is 10.6 Å². The molecule has 0 aromatic heterocycles. The van der Waals surface area contributed by atoms with E-state index >= 15 is 0 Å². The minimum atomic E-state index is 0.726. The van der Waals surface area contributed by atoms with Crippen LogP contribution in [0.1, 0.15) is 20.3 Å². The first-order chi connectivity index (χ1) is 8.72. The lowest BCUT2D eigenvalue weighted by Gasteiger charge is -2.26. The molecule has 0 unspecified atom stereocenters. The highest BCUT2D eigenvalue weighted by atomic mass is 16.5. The topological polar surface area (TPSA) is 48.9 Å². The maximum Gasteiger partial charge on any atom is 0.191 e. The van der Waals surface area contributed by atoms with Crippen LogP contribution in [-0.2, 0) is 4.74 Å². The Morgan fingerprint density at radius 1 is 1.22 bits per heavy atom.